The summed E-state index contributed by atoms with van der Waals surface area (Å²) in [4.78, 5) is 10.8. The molecule has 1 amide bonds. The SMILES string of the molecule is CCSC1CCCC1NC(=O)C(F)F. The highest BCUT2D eigenvalue weighted by atomic mass is 32.2. The van der Waals surface area contributed by atoms with E-state index in [0.717, 1.165) is 25.0 Å². The van der Waals surface area contributed by atoms with Crippen molar-refractivity contribution in [1.82, 2.24) is 5.32 Å². The van der Waals surface area contributed by atoms with Gasteiger partial charge in [0.2, 0.25) is 0 Å². The molecule has 82 valence electrons. The number of nitrogens with one attached hydrogen (secondary N) is 1. The fourth-order valence-electron chi connectivity index (χ4n) is 1.75. The van der Waals surface area contributed by atoms with E-state index >= 15 is 0 Å². The molecule has 0 aromatic carbocycles. The molecule has 2 nitrogen and oxygen atoms in total. The number of halogens is 2. The van der Waals surface area contributed by atoms with Crippen molar-refractivity contribution < 1.29 is 13.6 Å². The lowest BCUT2D eigenvalue weighted by atomic mass is 10.2. The summed E-state index contributed by atoms with van der Waals surface area (Å²) in [5, 5.41) is 2.73. The Morgan fingerprint density at radius 1 is 1.57 bits per heavy atom. The summed E-state index contributed by atoms with van der Waals surface area (Å²) < 4.78 is 24.0. The van der Waals surface area contributed by atoms with Crippen molar-refractivity contribution in [1.29, 1.82) is 0 Å². The van der Waals surface area contributed by atoms with Crippen molar-refractivity contribution in [2.24, 2.45) is 0 Å². The van der Waals surface area contributed by atoms with Gasteiger partial charge in [-0.25, -0.2) is 0 Å². The molecule has 0 spiro atoms. The molecule has 1 saturated carbocycles. The van der Waals surface area contributed by atoms with Crippen LogP contribution in [0, 0.1) is 0 Å². The van der Waals surface area contributed by atoms with Crippen LogP contribution < -0.4 is 5.32 Å². The number of carbonyl (C=O) groups is 1. The van der Waals surface area contributed by atoms with Crippen LogP contribution in [0.3, 0.4) is 0 Å². The molecule has 0 aromatic heterocycles. The minimum absolute atomic E-state index is 0.0542. The predicted octanol–water partition coefficient (Wildman–Crippen LogP) is 2.04. The molecule has 1 aliphatic rings. The van der Waals surface area contributed by atoms with Crippen LogP contribution in [0.5, 0.6) is 0 Å². The van der Waals surface area contributed by atoms with E-state index in [1.807, 2.05) is 6.92 Å². The van der Waals surface area contributed by atoms with Crippen molar-refractivity contribution in [3.63, 3.8) is 0 Å². The number of rotatable bonds is 4. The Hall–Kier alpha value is -0.320. The Bertz CT molecular complexity index is 201. The van der Waals surface area contributed by atoms with Gasteiger partial charge in [-0.1, -0.05) is 13.3 Å². The highest BCUT2D eigenvalue weighted by Gasteiger charge is 2.30. The summed E-state index contributed by atoms with van der Waals surface area (Å²) in [5.74, 6) is -0.162. The molecule has 0 heterocycles. The van der Waals surface area contributed by atoms with Gasteiger partial charge in [0.15, 0.2) is 0 Å². The molecular weight excluding hydrogens is 208 g/mol. The van der Waals surface area contributed by atoms with Crippen molar-refractivity contribution in [2.45, 2.75) is 43.9 Å². The number of hydrogen-bond acceptors (Lipinski definition) is 2. The van der Waals surface area contributed by atoms with Gasteiger partial charge in [0, 0.05) is 11.3 Å². The lowest BCUT2D eigenvalue weighted by molar-refractivity contribution is -0.132. The van der Waals surface area contributed by atoms with Crippen LogP contribution in [-0.4, -0.2) is 29.4 Å². The molecule has 0 aromatic rings. The normalized spacial score (nSPS) is 26.9. The Labute approximate surface area is 86.8 Å². The van der Waals surface area contributed by atoms with E-state index in [-0.39, 0.29) is 6.04 Å². The maximum Gasteiger partial charge on any atom is 0.315 e. The topological polar surface area (TPSA) is 29.1 Å². The van der Waals surface area contributed by atoms with Gasteiger partial charge in [-0.15, -0.1) is 0 Å². The van der Waals surface area contributed by atoms with Crippen LogP contribution in [0.25, 0.3) is 0 Å². The van der Waals surface area contributed by atoms with E-state index in [1.54, 1.807) is 11.8 Å². The van der Waals surface area contributed by atoms with E-state index in [4.69, 9.17) is 0 Å². The van der Waals surface area contributed by atoms with Gasteiger partial charge in [0.25, 0.3) is 5.91 Å². The minimum atomic E-state index is -2.89. The lowest BCUT2D eigenvalue weighted by Gasteiger charge is -2.19. The van der Waals surface area contributed by atoms with Crippen LogP contribution in [0.1, 0.15) is 26.2 Å². The maximum absolute atomic E-state index is 12.0. The van der Waals surface area contributed by atoms with Crippen molar-refractivity contribution >= 4 is 17.7 Å². The van der Waals surface area contributed by atoms with E-state index in [1.165, 1.54) is 0 Å². The lowest BCUT2D eigenvalue weighted by Crippen LogP contribution is -2.41. The van der Waals surface area contributed by atoms with E-state index in [2.05, 4.69) is 5.32 Å². The summed E-state index contributed by atoms with van der Waals surface area (Å²) in [5.41, 5.74) is 0. The smallest absolute Gasteiger partial charge is 0.315 e. The molecule has 2 atom stereocenters. The zero-order chi connectivity index (χ0) is 10.6. The Morgan fingerprint density at radius 2 is 2.29 bits per heavy atom. The third-order valence-corrected chi connectivity index (χ3v) is 3.68. The highest BCUT2D eigenvalue weighted by Crippen LogP contribution is 2.29. The van der Waals surface area contributed by atoms with Gasteiger partial charge in [0.1, 0.15) is 0 Å². The Morgan fingerprint density at radius 3 is 2.86 bits per heavy atom. The zero-order valence-electron chi connectivity index (χ0n) is 8.13. The molecule has 2 unspecified atom stereocenters. The monoisotopic (exact) mass is 223 g/mol. The summed E-state index contributed by atoms with van der Waals surface area (Å²) in [6, 6.07) is -0.0542. The third-order valence-electron chi connectivity index (χ3n) is 2.36. The first-order valence-corrected chi connectivity index (χ1v) is 5.90. The van der Waals surface area contributed by atoms with E-state index in [9.17, 15) is 13.6 Å². The van der Waals surface area contributed by atoms with Gasteiger partial charge < -0.3 is 5.32 Å². The molecule has 1 N–H and O–H groups in total. The minimum Gasteiger partial charge on any atom is -0.347 e. The average molecular weight is 223 g/mol. The molecule has 0 radical (unpaired) electrons. The zero-order valence-corrected chi connectivity index (χ0v) is 8.95. The number of alkyl halides is 2. The van der Waals surface area contributed by atoms with E-state index < -0.39 is 12.3 Å². The van der Waals surface area contributed by atoms with Crippen LogP contribution in [0.2, 0.25) is 0 Å². The molecule has 1 fully saturated rings. The highest BCUT2D eigenvalue weighted by molar-refractivity contribution is 7.99. The number of hydrogen-bond donors (Lipinski definition) is 1. The molecule has 5 heteroatoms. The van der Waals surface area contributed by atoms with Crippen molar-refractivity contribution in [3.05, 3.63) is 0 Å². The first-order valence-electron chi connectivity index (χ1n) is 4.85. The molecule has 1 rings (SSSR count). The van der Waals surface area contributed by atoms with Crippen LogP contribution >= 0.6 is 11.8 Å². The van der Waals surface area contributed by atoms with Gasteiger partial charge in [-0.2, -0.15) is 20.5 Å². The van der Waals surface area contributed by atoms with Crippen molar-refractivity contribution in [2.75, 3.05) is 5.75 Å². The fraction of sp³-hybridized carbons (Fsp3) is 0.889. The fourth-order valence-corrected chi connectivity index (χ4v) is 2.95. The first kappa shape index (κ1) is 11.8. The van der Waals surface area contributed by atoms with Gasteiger partial charge >= 0.3 is 6.43 Å². The van der Waals surface area contributed by atoms with Gasteiger partial charge in [0.05, 0.1) is 0 Å². The quantitative estimate of drug-likeness (QED) is 0.790. The Balaban J connectivity index is 2.39. The van der Waals surface area contributed by atoms with E-state index in [0.29, 0.717) is 5.25 Å². The molecule has 0 aliphatic heterocycles. The van der Waals surface area contributed by atoms with Crippen LogP contribution in [0.4, 0.5) is 8.78 Å². The summed E-state index contributed by atoms with van der Waals surface area (Å²) in [6.45, 7) is 2.04. The largest absolute Gasteiger partial charge is 0.347 e. The number of thioether (sulfide) groups is 1. The molecule has 0 bridgehead atoms. The first-order chi connectivity index (χ1) is 6.65. The summed E-state index contributed by atoms with van der Waals surface area (Å²) >= 11 is 1.74. The number of amides is 1. The second-order valence-electron chi connectivity index (χ2n) is 3.34. The van der Waals surface area contributed by atoms with Gasteiger partial charge in [-0.05, 0) is 18.6 Å². The average Bonchev–Trinajstić information content (AvgIpc) is 2.53. The van der Waals surface area contributed by atoms with Crippen LogP contribution in [-0.2, 0) is 4.79 Å². The second-order valence-corrected chi connectivity index (χ2v) is 4.86. The maximum atomic E-state index is 12.0. The standard InChI is InChI=1S/C9H15F2NOS/c1-2-14-7-5-3-4-6(7)12-9(13)8(10)11/h6-8H,2-5H2,1H3,(H,12,13). The molecule has 0 saturated heterocycles. The second kappa shape index (κ2) is 5.53. The third kappa shape index (κ3) is 3.12. The molecule has 1 aliphatic carbocycles. The summed E-state index contributed by atoms with van der Waals surface area (Å²) in [6.07, 6.45) is -0.0165. The number of carbonyl (C=O) groups excluding carboxylic acids is 1. The van der Waals surface area contributed by atoms with Crippen molar-refractivity contribution in [3.8, 4) is 0 Å². The van der Waals surface area contributed by atoms with Gasteiger partial charge in [-0.3, -0.25) is 4.79 Å². The van der Waals surface area contributed by atoms with Crippen LogP contribution in [0.15, 0.2) is 0 Å². The molecule has 14 heavy (non-hydrogen) atoms. The Kier molecular flexibility index (Phi) is 4.65. The predicted molar refractivity (Wildman–Crippen MR) is 53.7 cm³/mol. The molecular formula is C9H15F2NOS. The summed E-state index contributed by atoms with van der Waals surface area (Å²) in [7, 11) is 0.